The number of nitrogens with two attached hydrogens (primary N) is 1. The van der Waals surface area contributed by atoms with Gasteiger partial charge in [0.2, 0.25) is 0 Å². The van der Waals surface area contributed by atoms with Crippen molar-refractivity contribution in [3.05, 3.63) is 53.2 Å². The van der Waals surface area contributed by atoms with Gasteiger partial charge in [0.1, 0.15) is 0 Å². The number of hydrogen-bond acceptors (Lipinski definition) is 2. The SMILES string of the molecule is C=Cc1ccccc1CCl.CC/C(N)=C(/C)C(=O)O. The van der Waals surface area contributed by atoms with Gasteiger partial charge in [-0.2, -0.15) is 0 Å². The maximum atomic E-state index is 10.2. The number of hydrogen-bond donors (Lipinski definition) is 2. The number of carboxylic acid groups (broad SMARTS) is 1. The molecule has 4 heteroatoms. The first-order chi connectivity index (χ1) is 8.97. The predicted molar refractivity (Wildman–Crippen MR) is 80.9 cm³/mol. The van der Waals surface area contributed by atoms with Crippen molar-refractivity contribution in [2.45, 2.75) is 26.1 Å². The third kappa shape index (κ3) is 6.11. The first-order valence-electron chi connectivity index (χ1n) is 5.92. The minimum Gasteiger partial charge on any atom is -0.478 e. The highest BCUT2D eigenvalue weighted by Gasteiger charge is 2.02. The van der Waals surface area contributed by atoms with Crippen molar-refractivity contribution < 1.29 is 9.90 Å². The molecule has 0 aliphatic rings. The highest BCUT2D eigenvalue weighted by Crippen LogP contribution is 2.11. The molecular formula is C15H20ClNO2. The van der Waals surface area contributed by atoms with E-state index >= 15 is 0 Å². The zero-order valence-electron chi connectivity index (χ0n) is 11.3. The lowest BCUT2D eigenvalue weighted by Crippen LogP contribution is -2.06. The van der Waals surface area contributed by atoms with Crippen LogP contribution in [0.3, 0.4) is 0 Å². The average Bonchev–Trinajstić information content (AvgIpc) is 2.45. The summed E-state index contributed by atoms with van der Waals surface area (Å²) in [4.78, 5) is 10.2. The number of halogens is 1. The summed E-state index contributed by atoms with van der Waals surface area (Å²) in [6.45, 7) is 7.00. The maximum absolute atomic E-state index is 10.2. The normalized spacial score (nSPS) is 10.9. The van der Waals surface area contributed by atoms with Crippen LogP contribution < -0.4 is 5.73 Å². The molecule has 104 valence electrons. The molecule has 0 fully saturated rings. The Hall–Kier alpha value is -1.74. The minimum absolute atomic E-state index is 0.248. The zero-order valence-corrected chi connectivity index (χ0v) is 12.1. The van der Waals surface area contributed by atoms with Gasteiger partial charge in [-0.3, -0.25) is 0 Å². The van der Waals surface area contributed by atoms with Crippen molar-refractivity contribution >= 4 is 23.6 Å². The van der Waals surface area contributed by atoms with E-state index < -0.39 is 5.97 Å². The fourth-order valence-corrected chi connectivity index (χ4v) is 1.50. The number of aliphatic carboxylic acids is 1. The first kappa shape index (κ1) is 17.3. The molecule has 0 aliphatic heterocycles. The van der Waals surface area contributed by atoms with Gasteiger partial charge in [0.25, 0.3) is 0 Å². The van der Waals surface area contributed by atoms with E-state index in [0.29, 0.717) is 18.0 Å². The van der Waals surface area contributed by atoms with Crippen molar-refractivity contribution in [2.75, 3.05) is 0 Å². The summed E-state index contributed by atoms with van der Waals surface area (Å²) in [6, 6.07) is 7.96. The van der Waals surface area contributed by atoms with Crippen LogP contribution in [0.1, 0.15) is 31.4 Å². The lowest BCUT2D eigenvalue weighted by molar-refractivity contribution is -0.132. The summed E-state index contributed by atoms with van der Waals surface area (Å²) in [5.41, 5.74) is 8.27. The maximum Gasteiger partial charge on any atom is 0.333 e. The van der Waals surface area contributed by atoms with E-state index in [-0.39, 0.29) is 5.57 Å². The molecule has 0 unspecified atom stereocenters. The van der Waals surface area contributed by atoms with Gasteiger partial charge in [0, 0.05) is 11.6 Å². The molecule has 0 bridgehead atoms. The Balaban J connectivity index is 0.000000344. The number of alkyl halides is 1. The molecule has 0 atom stereocenters. The van der Waals surface area contributed by atoms with Gasteiger partial charge in [0.15, 0.2) is 0 Å². The number of carbonyl (C=O) groups is 1. The molecule has 1 aromatic carbocycles. The van der Waals surface area contributed by atoms with Gasteiger partial charge in [-0.05, 0) is 24.5 Å². The van der Waals surface area contributed by atoms with E-state index in [1.54, 1.807) is 0 Å². The second kappa shape index (κ2) is 9.22. The first-order valence-corrected chi connectivity index (χ1v) is 6.46. The molecule has 3 nitrogen and oxygen atoms in total. The summed E-state index contributed by atoms with van der Waals surface area (Å²) in [7, 11) is 0. The molecule has 0 aliphatic carbocycles. The molecule has 19 heavy (non-hydrogen) atoms. The molecule has 0 radical (unpaired) electrons. The van der Waals surface area contributed by atoms with Crippen LogP contribution in [0.2, 0.25) is 0 Å². The summed E-state index contributed by atoms with van der Waals surface area (Å²) < 4.78 is 0. The summed E-state index contributed by atoms with van der Waals surface area (Å²) in [5, 5.41) is 8.35. The monoisotopic (exact) mass is 281 g/mol. The third-order valence-corrected chi connectivity index (χ3v) is 2.89. The van der Waals surface area contributed by atoms with Crippen molar-refractivity contribution in [1.29, 1.82) is 0 Å². The summed E-state index contributed by atoms with van der Waals surface area (Å²) in [5.74, 6) is -0.378. The van der Waals surface area contributed by atoms with Gasteiger partial charge >= 0.3 is 5.97 Å². The Bertz CT molecular complexity index is 467. The highest BCUT2D eigenvalue weighted by atomic mass is 35.5. The number of carboxylic acids is 1. The van der Waals surface area contributed by atoms with Gasteiger partial charge < -0.3 is 10.8 Å². The van der Waals surface area contributed by atoms with Crippen LogP contribution in [0.4, 0.5) is 0 Å². The molecule has 0 aromatic heterocycles. The Labute approximate surface area is 119 Å². The fourth-order valence-electron chi connectivity index (χ4n) is 1.26. The molecule has 0 spiro atoms. The van der Waals surface area contributed by atoms with Gasteiger partial charge in [0.05, 0.1) is 5.57 Å². The molecule has 0 saturated heterocycles. The van der Waals surface area contributed by atoms with Gasteiger partial charge in [-0.15, -0.1) is 11.6 Å². The van der Waals surface area contributed by atoms with Crippen LogP contribution >= 0.6 is 11.6 Å². The van der Waals surface area contributed by atoms with E-state index in [1.165, 1.54) is 6.92 Å². The third-order valence-electron chi connectivity index (χ3n) is 2.60. The molecule has 0 heterocycles. The lowest BCUT2D eigenvalue weighted by atomic mass is 10.1. The Morgan fingerprint density at radius 3 is 2.37 bits per heavy atom. The van der Waals surface area contributed by atoms with E-state index in [9.17, 15) is 4.79 Å². The lowest BCUT2D eigenvalue weighted by Gasteiger charge is -1.98. The van der Waals surface area contributed by atoms with Crippen molar-refractivity contribution in [3.8, 4) is 0 Å². The molecule has 0 saturated carbocycles. The molecule has 1 rings (SSSR count). The molecular weight excluding hydrogens is 262 g/mol. The second-order valence-corrected chi connectivity index (χ2v) is 4.11. The van der Waals surface area contributed by atoms with E-state index in [4.69, 9.17) is 22.4 Å². The Morgan fingerprint density at radius 2 is 2.05 bits per heavy atom. The van der Waals surface area contributed by atoms with Crippen LogP contribution in [-0.2, 0) is 10.7 Å². The number of benzene rings is 1. The van der Waals surface area contributed by atoms with Crippen LogP contribution in [0.5, 0.6) is 0 Å². The smallest absolute Gasteiger partial charge is 0.333 e. The van der Waals surface area contributed by atoms with Crippen molar-refractivity contribution in [3.63, 3.8) is 0 Å². The predicted octanol–water partition coefficient (Wildman–Crippen LogP) is 3.78. The van der Waals surface area contributed by atoms with Crippen LogP contribution in [0, 0.1) is 0 Å². The Kier molecular flexibility index (Phi) is 8.38. The molecule has 3 N–H and O–H groups in total. The van der Waals surface area contributed by atoms with E-state index in [2.05, 4.69) is 6.58 Å². The van der Waals surface area contributed by atoms with Crippen LogP contribution in [-0.4, -0.2) is 11.1 Å². The summed E-state index contributed by atoms with van der Waals surface area (Å²) >= 11 is 5.66. The largest absolute Gasteiger partial charge is 0.478 e. The fraction of sp³-hybridized carbons (Fsp3) is 0.267. The standard InChI is InChI=1S/C9H9Cl.C6H11NO2/c1-2-8-5-3-4-6-9(8)7-10;1-3-5(7)4(2)6(8)9/h2-6H,1,7H2;3,7H2,1-2H3,(H,8,9)/b;5-4+. The van der Waals surface area contributed by atoms with Gasteiger partial charge in [-0.1, -0.05) is 43.8 Å². The summed E-state index contributed by atoms with van der Waals surface area (Å²) in [6.07, 6.45) is 2.41. The van der Waals surface area contributed by atoms with E-state index in [0.717, 1.165) is 11.1 Å². The topological polar surface area (TPSA) is 63.3 Å². The quantitative estimate of drug-likeness (QED) is 0.652. The van der Waals surface area contributed by atoms with Crippen molar-refractivity contribution in [1.82, 2.24) is 0 Å². The van der Waals surface area contributed by atoms with E-state index in [1.807, 2.05) is 37.3 Å². The number of rotatable bonds is 4. The van der Waals surface area contributed by atoms with Crippen LogP contribution in [0.15, 0.2) is 42.1 Å². The molecule has 0 amide bonds. The Morgan fingerprint density at radius 1 is 1.47 bits per heavy atom. The van der Waals surface area contributed by atoms with Crippen LogP contribution in [0.25, 0.3) is 6.08 Å². The minimum atomic E-state index is -0.936. The number of allylic oxidation sites excluding steroid dienone is 1. The average molecular weight is 282 g/mol. The van der Waals surface area contributed by atoms with Crippen molar-refractivity contribution in [2.24, 2.45) is 5.73 Å². The second-order valence-electron chi connectivity index (χ2n) is 3.85. The zero-order chi connectivity index (χ0) is 14.8. The molecule has 1 aromatic rings. The van der Waals surface area contributed by atoms with Gasteiger partial charge in [-0.25, -0.2) is 4.79 Å². The highest BCUT2D eigenvalue weighted by molar-refractivity contribution is 6.17.